The fraction of sp³-hybridized carbons (Fsp3) is 0.625. The third-order valence-corrected chi connectivity index (χ3v) is 3.48. The van der Waals surface area contributed by atoms with Crippen LogP contribution in [0.4, 0.5) is 0 Å². The fourth-order valence-electron chi connectivity index (χ4n) is 1.63. The van der Waals surface area contributed by atoms with Gasteiger partial charge in [0.05, 0.1) is 11.2 Å². The molecule has 2 rings (SSSR count). The topological polar surface area (TPSA) is 12.9 Å². The first kappa shape index (κ1) is 7.56. The molecule has 0 N–H and O–H groups in total. The van der Waals surface area contributed by atoms with E-state index in [1.807, 2.05) is 0 Å². The molecule has 11 heavy (non-hydrogen) atoms. The zero-order valence-corrected chi connectivity index (χ0v) is 7.79. The zero-order valence-electron chi connectivity index (χ0n) is 6.22. The van der Waals surface area contributed by atoms with E-state index in [2.05, 4.69) is 4.98 Å². The van der Waals surface area contributed by atoms with Gasteiger partial charge in [0.15, 0.2) is 0 Å². The van der Waals surface area contributed by atoms with Gasteiger partial charge in [0.2, 0.25) is 0 Å². The molecule has 0 unspecified atom stereocenters. The normalized spacial score (nSPS) is 19.4. The Balaban J connectivity index is 2.15. The van der Waals surface area contributed by atoms with E-state index < -0.39 is 0 Å². The van der Waals surface area contributed by atoms with Crippen LogP contribution < -0.4 is 0 Å². The van der Waals surface area contributed by atoms with E-state index in [-0.39, 0.29) is 0 Å². The molecule has 1 aliphatic carbocycles. The monoisotopic (exact) mass is 187 g/mol. The molecule has 0 aliphatic heterocycles. The van der Waals surface area contributed by atoms with E-state index in [1.165, 1.54) is 30.7 Å². The second kappa shape index (κ2) is 3.11. The number of hydrogen-bond donors (Lipinski definition) is 0. The van der Waals surface area contributed by atoms with Crippen LogP contribution in [0.1, 0.15) is 36.6 Å². The first-order valence-electron chi connectivity index (χ1n) is 3.97. The quantitative estimate of drug-likeness (QED) is 0.656. The third-order valence-electron chi connectivity index (χ3n) is 2.20. The van der Waals surface area contributed by atoms with Gasteiger partial charge in [0, 0.05) is 5.92 Å². The second-order valence-electron chi connectivity index (χ2n) is 2.98. The average molecular weight is 188 g/mol. The summed E-state index contributed by atoms with van der Waals surface area (Å²) in [7, 11) is 0. The molecule has 0 bridgehead atoms. The maximum absolute atomic E-state index is 5.79. The molecule has 0 atom stereocenters. The Morgan fingerprint density at radius 3 is 2.73 bits per heavy atom. The SMILES string of the molecule is Clc1cnc(C2CCCC2)s1. The zero-order chi connectivity index (χ0) is 7.68. The summed E-state index contributed by atoms with van der Waals surface area (Å²) in [5, 5.41) is 1.24. The van der Waals surface area contributed by atoms with Crippen LogP contribution >= 0.6 is 22.9 Å². The fourth-order valence-corrected chi connectivity index (χ4v) is 2.73. The molecule has 0 aromatic carbocycles. The van der Waals surface area contributed by atoms with Crippen molar-refractivity contribution in [2.24, 2.45) is 0 Å². The average Bonchev–Trinajstić information content (AvgIpc) is 2.55. The highest BCUT2D eigenvalue weighted by Crippen LogP contribution is 2.36. The smallest absolute Gasteiger partial charge is 0.113 e. The minimum atomic E-state index is 0.715. The standard InChI is InChI=1S/C8H10ClNS/c9-7-5-10-8(11-7)6-3-1-2-4-6/h5-6H,1-4H2. The summed E-state index contributed by atoms with van der Waals surface area (Å²) in [6.07, 6.45) is 7.11. The molecule has 1 nitrogen and oxygen atoms in total. The van der Waals surface area contributed by atoms with E-state index in [4.69, 9.17) is 11.6 Å². The number of nitrogens with zero attached hydrogens (tertiary/aromatic N) is 1. The number of halogens is 1. The number of rotatable bonds is 1. The molecule has 1 saturated carbocycles. The molecule has 1 aromatic rings. The van der Waals surface area contributed by atoms with Gasteiger partial charge in [-0.3, -0.25) is 0 Å². The lowest BCUT2D eigenvalue weighted by molar-refractivity contribution is 0.716. The highest BCUT2D eigenvalue weighted by molar-refractivity contribution is 7.15. The Kier molecular flexibility index (Phi) is 2.14. The van der Waals surface area contributed by atoms with E-state index in [1.54, 1.807) is 17.5 Å². The molecule has 3 heteroatoms. The molecule has 60 valence electrons. The van der Waals surface area contributed by atoms with Crippen molar-refractivity contribution in [3.05, 3.63) is 15.5 Å². The van der Waals surface area contributed by atoms with Gasteiger partial charge in [-0.15, -0.1) is 11.3 Å². The molecule has 0 spiro atoms. The van der Waals surface area contributed by atoms with Gasteiger partial charge in [0.1, 0.15) is 4.34 Å². The van der Waals surface area contributed by atoms with E-state index in [0.717, 1.165) is 4.34 Å². The van der Waals surface area contributed by atoms with Gasteiger partial charge in [-0.05, 0) is 12.8 Å². The Hall–Kier alpha value is -0.0800. The Labute approximate surface area is 75.4 Å². The summed E-state index contributed by atoms with van der Waals surface area (Å²) >= 11 is 7.43. The Morgan fingerprint density at radius 1 is 1.45 bits per heavy atom. The predicted octanol–water partition coefficient (Wildman–Crippen LogP) is 3.45. The summed E-state index contributed by atoms with van der Waals surface area (Å²) in [6.45, 7) is 0. The Morgan fingerprint density at radius 2 is 2.18 bits per heavy atom. The van der Waals surface area contributed by atoms with Crippen LogP contribution in [0.2, 0.25) is 4.34 Å². The van der Waals surface area contributed by atoms with Crippen LogP contribution in [0.15, 0.2) is 6.20 Å². The lowest BCUT2D eigenvalue weighted by Gasteiger charge is -2.01. The lowest BCUT2D eigenvalue weighted by atomic mass is 10.1. The van der Waals surface area contributed by atoms with Crippen molar-refractivity contribution >= 4 is 22.9 Å². The van der Waals surface area contributed by atoms with Crippen LogP contribution in [0.3, 0.4) is 0 Å². The van der Waals surface area contributed by atoms with Gasteiger partial charge in [-0.1, -0.05) is 24.4 Å². The highest BCUT2D eigenvalue weighted by atomic mass is 35.5. The van der Waals surface area contributed by atoms with Gasteiger partial charge in [-0.25, -0.2) is 4.98 Å². The van der Waals surface area contributed by atoms with Gasteiger partial charge < -0.3 is 0 Å². The van der Waals surface area contributed by atoms with Crippen molar-refractivity contribution in [2.45, 2.75) is 31.6 Å². The molecule has 1 heterocycles. The van der Waals surface area contributed by atoms with Crippen LogP contribution in [0.25, 0.3) is 0 Å². The van der Waals surface area contributed by atoms with Crippen LogP contribution in [-0.4, -0.2) is 4.98 Å². The van der Waals surface area contributed by atoms with Crippen molar-refractivity contribution in [2.75, 3.05) is 0 Å². The lowest BCUT2D eigenvalue weighted by Crippen LogP contribution is -1.88. The molecule has 1 aliphatic rings. The van der Waals surface area contributed by atoms with Gasteiger partial charge in [-0.2, -0.15) is 0 Å². The molecule has 0 amide bonds. The van der Waals surface area contributed by atoms with Crippen molar-refractivity contribution in [3.8, 4) is 0 Å². The van der Waals surface area contributed by atoms with E-state index in [9.17, 15) is 0 Å². The van der Waals surface area contributed by atoms with Crippen LogP contribution in [-0.2, 0) is 0 Å². The molecule has 0 radical (unpaired) electrons. The molecule has 1 aromatic heterocycles. The third kappa shape index (κ3) is 1.57. The van der Waals surface area contributed by atoms with Crippen molar-refractivity contribution in [3.63, 3.8) is 0 Å². The molecular formula is C8H10ClNS. The second-order valence-corrected chi connectivity index (χ2v) is 4.68. The van der Waals surface area contributed by atoms with Crippen LogP contribution in [0, 0.1) is 0 Å². The van der Waals surface area contributed by atoms with Gasteiger partial charge in [0.25, 0.3) is 0 Å². The maximum atomic E-state index is 5.79. The molecule has 1 fully saturated rings. The van der Waals surface area contributed by atoms with E-state index >= 15 is 0 Å². The summed E-state index contributed by atoms with van der Waals surface area (Å²) < 4.78 is 0.826. The number of thiazole rings is 1. The summed E-state index contributed by atoms with van der Waals surface area (Å²) in [5.41, 5.74) is 0. The summed E-state index contributed by atoms with van der Waals surface area (Å²) in [4.78, 5) is 4.28. The molecular weight excluding hydrogens is 178 g/mol. The predicted molar refractivity (Wildman–Crippen MR) is 48.3 cm³/mol. The largest absolute Gasteiger partial charge is 0.248 e. The van der Waals surface area contributed by atoms with Crippen molar-refractivity contribution in [1.29, 1.82) is 0 Å². The minimum absolute atomic E-state index is 0.715. The first-order valence-corrected chi connectivity index (χ1v) is 5.17. The minimum Gasteiger partial charge on any atom is -0.248 e. The van der Waals surface area contributed by atoms with Crippen molar-refractivity contribution < 1.29 is 0 Å². The van der Waals surface area contributed by atoms with Crippen LogP contribution in [0.5, 0.6) is 0 Å². The van der Waals surface area contributed by atoms with Crippen molar-refractivity contribution in [1.82, 2.24) is 4.98 Å². The van der Waals surface area contributed by atoms with E-state index in [0.29, 0.717) is 5.92 Å². The molecule has 0 saturated heterocycles. The first-order chi connectivity index (χ1) is 5.36. The highest BCUT2D eigenvalue weighted by Gasteiger charge is 2.19. The maximum Gasteiger partial charge on any atom is 0.113 e. The Bertz CT molecular complexity index is 240. The summed E-state index contributed by atoms with van der Waals surface area (Å²) in [5.74, 6) is 0.715. The van der Waals surface area contributed by atoms with Gasteiger partial charge >= 0.3 is 0 Å². The number of hydrogen-bond acceptors (Lipinski definition) is 2. The summed E-state index contributed by atoms with van der Waals surface area (Å²) in [6, 6.07) is 0. The number of aromatic nitrogens is 1.